The van der Waals surface area contributed by atoms with Crippen LogP contribution in [-0.2, 0) is 16.7 Å². The summed E-state index contributed by atoms with van der Waals surface area (Å²) in [5.41, 5.74) is 1.83. The van der Waals surface area contributed by atoms with Crippen LogP contribution in [0.4, 0.5) is 4.39 Å². The highest BCUT2D eigenvalue weighted by molar-refractivity contribution is 6.62. The van der Waals surface area contributed by atoms with E-state index in [2.05, 4.69) is 0 Å². The third-order valence-corrected chi connectivity index (χ3v) is 3.98. The topological polar surface area (TPSA) is 46.5 Å². The van der Waals surface area contributed by atoms with Crippen molar-refractivity contribution in [2.75, 3.05) is 0 Å². The number of rotatable bonds is 3. The van der Waals surface area contributed by atoms with E-state index in [1.807, 2.05) is 26.0 Å². The molecular weight excluding hydrogens is 282 g/mol. The van der Waals surface area contributed by atoms with Gasteiger partial charge in [-0.05, 0) is 42.6 Å². The number of carbonyl (C=O) groups excluding carboxylic acids is 1. The van der Waals surface area contributed by atoms with E-state index >= 15 is 0 Å². The van der Waals surface area contributed by atoms with Crippen LogP contribution in [0.25, 0.3) is 0 Å². The van der Waals surface area contributed by atoms with E-state index in [1.54, 1.807) is 18.2 Å². The molecule has 0 saturated heterocycles. The molecule has 0 radical (unpaired) electrons. The molecule has 22 heavy (non-hydrogen) atoms. The van der Waals surface area contributed by atoms with Crippen molar-refractivity contribution in [2.24, 2.45) is 0 Å². The lowest BCUT2D eigenvalue weighted by Gasteiger charge is -2.19. The molecule has 1 heterocycles. The summed E-state index contributed by atoms with van der Waals surface area (Å²) in [6.45, 7) is 3.76. The third-order valence-electron chi connectivity index (χ3n) is 3.98. The molecule has 0 fully saturated rings. The highest BCUT2D eigenvalue weighted by Gasteiger charge is 2.40. The van der Waals surface area contributed by atoms with Gasteiger partial charge in [0.25, 0.3) is 0 Å². The van der Waals surface area contributed by atoms with Crippen molar-refractivity contribution in [3.8, 4) is 0 Å². The Morgan fingerprint density at radius 3 is 2.73 bits per heavy atom. The zero-order chi connectivity index (χ0) is 15.9. The Hall–Kier alpha value is -1.98. The first-order valence-corrected chi connectivity index (χ1v) is 7.15. The van der Waals surface area contributed by atoms with E-state index in [-0.39, 0.29) is 17.8 Å². The third kappa shape index (κ3) is 2.58. The molecule has 112 valence electrons. The molecule has 1 aliphatic heterocycles. The van der Waals surface area contributed by atoms with E-state index in [0.717, 1.165) is 11.1 Å². The molecule has 5 heteroatoms. The molecule has 0 aromatic heterocycles. The number of benzene rings is 2. The van der Waals surface area contributed by atoms with Crippen LogP contribution in [-0.4, -0.2) is 17.9 Å². The molecule has 0 bridgehead atoms. The summed E-state index contributed by atoms with van der Waals surface area (Å²) in [6.07, 6.45) is 0.0847. The Bertz CT molecular complexity index is 742. The first-order valence-electron chi connectivity index (χ1n) is 7.15. The monoisotopic (exact) mass is 298 g/mol. The standard InChI is InChI=1S/C17H16BFO3/c1-17(2)13-8-7-11(9-14(13)18(21)22-17)10-16(20)12-5-3-4-6-15(12)19/h3-9,21H,10H2,1-2H3. The van der Waals surface area contributed by atoms with Gasteiger partial charge < -0.3 is 9.68 Å². The Morgan fingerprint density at radius 1 is 1.27 bits per heavy atom. The molecule has 0 unspecified atom stereocenters. The van der Waals surface area contributed by atoms with Gasteiger partial charge >= 0.3 is 7.12 Å². The summed E-state index contributed by atoms with van der Waals surface area (Å²) >= 11 is 0. The van der Waals surface area contributed by atoms with Crippen LogP contribution in [0.3, 0.4) is 0 Å². The SMILES string of the molecule is CC1(C)OB(O)c2cc(CC(=O)c3ccccc3F)ccc21. The average Bonchev–Trinajstić information content (AvgIpc) is 2.69. The number of hydrogen-bond acceptors (Lipinski definition) is 3. The molecule has 0 saturated carbocycles. The van der Waals surface area contributed by atoms with Crippen LogP contribution in [0.5, 0.6) is 0 Å². The number of halogens is 1. The second-order valence-corrected chi connectivity index (χ2v) is 5.98. The quantitative estimate of drug-likeness (QED) is 0.698. The van der Waals surface area contributed by atoms with Crippen LogP contribution in [0.15, 0.2) is 42.5 Å². The first kappa shape index (κ1) is 14.9. The highest BCUT2D eigenvalue weighted by Crippen LogP contribution is 2.30. The van der Waals surface area contributed by atoms with Gasteiger partial charge in [0, 0.05) is 6.42 Å². The molecule has 3 nitrogen and oxygen atoms in total. The summed E-state index contributed by atoms with van der Waals surface area (Å²) in [7, 11) is -0.992. The van der Waals surface area contributed by atoms with Gasteiger partial charge in [-0.15, -0.1) is 0 Å². The predicted molar refractivity (Wildman–Crippen MR) is 82.6 cm³/mol. The summed E-state index contributed by atoms with van der Waals surface area (Å²) in [4.78, 5) is 12.2. The molecule has 0 aliphatic carbocycles. The molecule has 0 amide bonds. The number of Topliss-reactive ketones (excluding diaryl/α,β-unsaturated/α-hetero) is 1. The number of fused-ring (bicyclic) bond motifs is 1. The summed E-state index contributed by atoms with van der Waals surface area (Å²) in [5, 5.41) is 9.97. The Kier molecular flexibility index (Phi) is 3.63. The number of ketones is 1. The summed E-state index contributed by atoms with van der Waals surface area (Å²) in [6, 6.07) is 11.4. The average molecular weight is 298 g/mol. The summed E-state index contributed by atoms with van der Waals surface area (Å²) in [5.74, 6) is -0.802. The fourth-order valence-corrected chi connectivity index (χ4v) is 2.85. The minimum absolute atomic E-state index is 0.0835. The molecular formula is C17H16BFO3. The van der Waals surface area contributed by atoms with Crippen LogP contribution >= 0.6 is 0 Å². The van der Waals surface area contributed by atoms with Crippen LogP contribution in [0.2, 0.25) is 0 Å². The maximum Gasteiger partial charge on any atom is 0.492 e. The van der Waals surface area contributed by atoms with Gasteiger partial charge in [-0.2, -0.15) is 0 Å². The van der Waals surface area contributed by atoms with Crippen molar-refractivity contribution < 1.29 is 18.9 Å². The molecule has 0 atom stereocenters. The van der Waals surface area contributed by atoms with Crippen molar-refractivity contribution in [2.45, 2.75) is 25.9 Å². The van der Waals surface area contributed by atoms with Crippen molar-refractivity contribution in [3.63, 3.8) is 0 Å². The predicted octanol–water partition coefficient (Wildman–Crippen LogP) is 2.20. The van der Waals surface area contributed by atoms with E-state index < -0.39 is 18.5 Å². The van der Waals surface area contributed by atoms with Crippen molar-refractivity contribution >= 4 is 18.4 Å². The second kappa shape index (κ2) is 5.34. The molecule has 1 aliphatic rings. The van der Waals surface area contributed by atoms with E-state index in [4.69, 9.17) is 4.65 Å². The lowest BCUT2D eigenvalue weighted by atomic mass is 9.77. The largest absolute Gasteiger partial charge is 0.492 e. The van der Waals surface area contributed by atoms with E-state index in [0.29, 0.717) is 5.46 Å². The fourth-order valence-electron chi connectivity index (χ4n) is 2.85. The van der Waals surface area contributed by atoms with Gasteiger partial charge in [0.05, 0.1) is 11.2 Å². The van der Waals surface area contributed by atoms with Crippen LogP contribution < -0.4 is 5.46 Å². The molecule has 2 aromatic rings. The Balaban J connectivity index is 1.88. The van der Waals surface area contributed by atoms with Crippen molar-refractivity contribution in [1.29, 1.82) is 0 Å². The first-order chi connectivity index (χ1) is 10.4. The van der Waals surface area contributed by atoms with Gasteiger partial charge in [0.15, 0.2) is 5.78 Å². The smallest absolute Gasteiger partial charge is 0.423 e. The van der Waals surface area contributed by atoms with Gasteiger partial charge in [-0.3, -0.25) is 4.79 Å². The van der Waals surface area contributed by atoms with Crippen LogP contribution in [0, 0.1) is 5.82 Å². The minimum Gasteiger partial charge on any atom is -0.423 e. The highest BCUT2D eigenvalue weighted by atomic mass is 19.1. The van der Waals surface area contributed by atoms with Gasteiger partial charge in [-0.25, -0.2) is 4.39 Å². The lowest BCUT2D eigenvalue weighted by Crippen LogP contribution is -2.29. The maximum absolute atomic E-state index is 13.6. The van der Waals surface area contributed by atoms with Crippen molar-refractivity contribution in [3.05, 3.63) is 65.0 Å². The molecule has 0 spiro atoms. The normalized spacial score (nSPS) is 15.7. The van der Waals surface area contributed by atoms with Gasteiger partial charge in [0.1, 0.15) is 5.82 Å². The lowest BCUT2D eigenvalue weighted by molar-refractivity contribution is 0.0987. The minimum atomic E-state index is -0.992. The van der Waals surface area contributed by atoms with Crippen LogP contribution in [0.1, 0.15) is 35.3 Å². The Morgan fingerprint density at radius 2 is 2.00 bits per heavy atom. The second-order valence-electron chi connectivity index (χ2n) is 5.98. The van der Waals surface area contributed by atoms with Gasteiger partial charge in [0.2, 0.25) is 0 Å². The fraction of sp³-hybridized carbons (Fsp3) is 0.235. The molecule has 1 N–H and O–H groups in total. The number of carbonyl (C=O) groups is 1. The zero-order valence-electron chi connectivity index (χ0n) is 12.5. The zero-order valence-corrected chi connectivity index (χ0v) is 12.5. The Labute approximate surface area is 128 Å². The molecule has 3 rings (SSSR count). The maximum atomic E-state index is 13.6. The summed E-state index contributed by atoms with van der Waals surface area (Å²) < 4.78 is 19.1. The van der Waals surface area contributed by atoms with E-state index in [1.165, 1.54) is 12.1 Å². The van der Waals surface area contributed by atoms with Gasteiger partial charge in [-0.1, -0.05) is 30.3 Å². The number of hydrogen-bond donors (Lipinski definition) is 1. The molecule has 2 aromatic carbocycles. The van der Waals surface area contributed by atoms with E-state index in [9.17, 15) is 14.2 Å². The van der Waals surface area contributed by atoms with Crippen molar-refractivity contribution in [1.82, 2.24) is 0 Å².